The second-order valence-electron chi connectivity index (χ2n) is 8.52. The van der Waals surface area contributed by atoms with E-state index >= 15 is 0 Å². The van der Waals surface area contributed by atoms with E-state index in [0.29, 0.717) is 27.9 Å². The molecule has 1 aromatic heterocycles. The van der Waals surface area contributed by atoms with Gasteiger partial charge in [0.05, 0.1) is 16.3 Å². The van der Waals surface area contributed by atoms with Crippen molar-refractivity contribution in [2.75, 3.05) is 11.9 Å². The number of hydrogen-bond donors (Lipinski definition) is 1. The van der Waals surface area contributed by atoms with Crippen LogP contribution >= 0.6 is 24.0 Å². The number of nitrogens with zero attached hydrogens (tertiary/aromatic N) is 3. The summed E-state index contributed by atoms with van der Waals surface area (Å²) in [5.41, 5.74) is 3.54. The summed E-state index contributed by atoms with van der Waals surface area (Å²) in [5.74, 6) is -0.423. The van der Waals surface area contributed by atoms with E-state index in [2.05, 4.69) is 12.2 Å². The molecule has 1 aliphatic rings. The number of anilines is 1. The number of thiocarbonyl (C=S) groups is 1. The van der Waals surface area contributed by atoms with Gasteiger partial charge in [-0.05, 0) is 49.1 Å². The summed E-state index contributed by atoms with van der Waals surface area (Å²) in [6.45, 7) is 4.23. The Morgan fingerprint density at radius 1 is 1.08 bits per heavy atom. The van der Waals surface area contributed by atoms with Crippen molar-refractivity contribution in [3.63, 3.8) is 0 Å². The Balaban J connectivity index is 1.36. The molecule has 1 aliphatic heterocycles. The molecule has 2 heterocycles. The van der Waals surface area contributed by atoms with E-state index in [1.807, 2.05) is 60.7 Å². The second-order valence-corrected chi connectivity index (χ2v) is 10.2. The summed E-state index contributed by atoms with van der Waals surface area (Å²) in [6, 6.07) is 17.3. The first kappa shape index (κ1) is 25.7. The predicted octanol–water partition coefficient (Wildman–Crippen LogP) is 4.67. The number of aryl methyl sites for hydroxylation is 1. The summed E-state index contributed by atoms with van der Waals surface area (Å²) >= 11 is 6.69. The molecule has 3 aromatic rings. The number of hydrogen-bond acceptors (Lipinski definition) is 5. The van der Waals surface area contributed by atoms with Crippen LogP contribution in [0.3, 0.4) is 0 Å². The van der Waals surface area contributed by atoms with Crippen molar-refractivity contribution in [3.8, 4) is 5.69 Å². The van der Waals surface area contributed by atoms with Gasteiger partial charge in [0.25, 0.3) is 11.5 Å². The van der Waals surface area contributed by atoms with Crippen LogP contribution < -0.4 is 10.9 Å². The molecule has 36 heavy (non-hydrogen) atoms. The summed E-state index contributed by atoms with van der Waals surface area (Å²) < 4.78 is 3.73. The molecule has 2 amide bonds. The lowest BCUT2D eigenvalue weighted by molar-refractivity contribution is -0.122. The second kappa shape index (κ2) is 11.1. The van der Waals surface area contributed by atoms with Crippen molar-refractivity contribution in [2.24, 2.45) is 7.05 Å². The quantitative estimate of drug-likeness (QED) is 0.345. The van der Waals surface area contributed by atoms with Gasteiger partial charge in [-0.1, -0.05) is 73.4 Å². The smallest absolute Gasteiger partial charge is 0.295 e. The molecular weight excluding hydrogens is 492 g/mol. The standard InChI is InChI=1S/C27H28N4O3S2/c1-4-19-12-14-20(15-13-19)17-22-25(33)30(27(35)36-22)16-8-11-23(32)28-24-18(2)29(3)31(26(24)34)21-9-6-5-7-10-21/h5-7,9-10,12-15,17H,4,8,11,16H2,1-3H3,(H,28,32)/b22-17+. The maximum atomic E-state index is 13.0. The van der Waals surface area contributed by atoms with Crippen LogP contribution in [-0.2, 0) is 23.1 Å². The van der Waals surface area contributed by atoms with Crippen molar-refractivity contribution < 1.29 is 9.59 Å². The molecule has 0 unspecified atom stereocenters. The molecule has 4 rings (SSSR count). The van der Waals surface area contributed by atoms with Gasteiger partial charge in [-0.15, -0.1) is 0 Å². The van der Waals surface area contributed by atoms with E-state index < -0.39 is 0 Å². The zero-order valence-corrected chi connectivity index (χ0v) is 22.1. The highest BCUT2D eigenvalue weighted by Gasteiger charge is 2.31. The first-order chi connectivity index (χ1) is 17.3. The van der Waals surface area contributed by atoms with Gasteiger partial charge in [0.2, 0.25) is 5.91 Å². The van der Waals surface area contributed by atoms with Gasteiger partial charge >= 0.3 is 0 Å². The lowest BCUT2D eigenvalue weighted by atomic mass is 10.1. The summed E-state index contributed by atoms with van der Waals surface area (Å²) in [4.78, 5) is 40.6. The number of carbonyl (C=O) groups excluding carboxylic acids is 2. The zero-order valence-electron chi connectivity index (χ0n) is 20.5. The largest absolute Gasteiger partial charge is 0.320 e. The topological polar surface area (TPSA) is 76.3 Å². The van der Waals surface area contributed by atoms with Crippen LogP contribution in [0.5, 0.6) is 0 Å². The average molecular weight is 521 g/mol. The third-order valence-corrected chi connectivity index (χ3v) is 7.54. The van der Waals surface area contributed by atoms with Crippen LogP contribution in [-0.4, -0.2) is 36.9 Å². The lowest BCUT2D eigenvalue weighted by Crippen LogP contribution is -2.30. The number of amides is 2. The molecule has 0 saturated carbocycles. The normalized spacial score (nSPS) is 14.6. The van der Waals surface area contributed by atoms with Crippen molar-refractivity contribution in [2.45, 2.75) is 33.1 Å². The fourth-order valence-corrected chi connectivity index (χ4v) is 5.31. The van der Waals surface area contributed by atoms with E-state index in [1.54, 1.807) is 18.7 Å². The molecule has 1 saturated heterocycles. The SMILES string of the molecule is CCc1ccc(/C=C2/SC(=S)N(CCCC(=O)Nc3c(C)n(C)n(-c4ccccc4)c3=O)C2=O)cc1. The number of carbonyl (C=O) groups is 2. The highest BCUT2D eigenvalue weighted by Crippen LogP contribution is 2.32. The van der Waals surface area contributed by atoms with Gasteiger partial charge in [-0.3, -0.25) is 24.0 Å². The van der Waals surface area contributed by atoms with Gasteiger partial charge in [0, 0.05) is 20.0 Å². The van der Waals surface area contributed by atoms with E-state index in [9.17, 15) is 14.4 Å². The van der Waals surface area contributed by atoms with Gasteiger partial charge < -0.3 is 5.32 Å². The molecule has 9 heteroatoms. The van der Waals surface area contributed by atoms with E-state index in [0.717, 1.165) is 17.7 Å². The molecule has 0 radical (unpaired) electrons. The molecular formula is C27H28N4O3S2. The Bertz CT molecular complexity index is 1390. The Morgan fingerprint density at radius 2 is 1.78 bits per heavy atom. The molecule has 0 atom stereocenters. The van der Waals surface area contributed by atoms with Crippen molar-refractivity contribution in [3.05, 3.63) is 86.7 Å². The number of nitrogens with one attached hydrogen (secondary N) is 1. The zero-order chi connectivity index (χ0) is 25.8. The van der Waals surface area contributed by atoms with Crippen LogP contribution in [0.2, 0.25) is 0 Å². The van der Waals surface area contributed by atoms with Crippen LogP contribution in [0.1, 0.15) is 36.6 Å². The number of rotatable bonds is 8. The minimum Gasteiger partial charge on any atom is -0.320 e. The van der Waals surface area contributed by atoms with Gasteiger partial charge in [-0.25, -0.2) is 4.68 Å². The number of thioether (sulfide) groups is 1. The monoisotopic (exact) mass is 520 g/mol. The fraction of sp³-hybridized carbons (Fsp3) is 0.259. The number of benzene rings is 2. The molecule has 1 fully saturated rings. The van der Waals surface area contributed by atoms with Crippen LogP contribution in [0.25, 0.3) is 11.8 Å². The molecule has 0 spiro atoms. The van der Waals surface area contributed by atoms with Crippen LogP contribution in [0, 0.1) is 6.92 Å². The third-order valence-electron chi connectivity index (χ3n) is 6.16. The van der Waals surface area contributed by atoms with E-state index in [-0.39, 0.29) is 29.5 Å². The van der Waals surface area contributed by atoms with Crippen molar-refractivity contribution in [1.29, 1.82) is 0 Å². The summed E-state index contributed by atoms with van der Waals surface area (Å²) in [7, 11) is 1.78. The minimum absolute atomic E-state index is 0.144. The predicted molar refractivity (Wildman–Crippen MR) is 149 cm³/mol. The van der Waals surface area contributed by atoms with Crippen molar-refractivity contribution >= 4 is 51.9 Å². The summed E-state index contributed by atoms with van der Waals surface area (Å²) in [6.07, 6.45) is 3.40. The highest BCUT2D eigenvalue weighted by atomic mass is 32.2. The molecule has 1 N–H and O–H groups in total. The first-order valence-corrected chi connectivity index (χ1v) is 13.0. The number of para-hydroxylation sites is 1. The van der Waals surface area contributed by atoms with Gasteiger partial charge in [-0.2, -0.15) is 0 Å². The van der Waals surface area contributed by atoms with E-state index in [1.165, 1.54) is 26.9 Å². The maximum absolute atomic E-state index is 13.0. The molecule has 7 nitrogen and oxygen atoms in total. The number of aromatic nitrogens is 2. The molecule has 2 aromatic carbocycles. The fourth-order valence-electron chi connectivity index (χ4n) is 4.01. The Kier molecular flexibility index (Phi) is 7.91. The molecule has 0 bridgehead atoms. The summed E-state index contributed by atoms with van der Waals surface area (Å²) in [5, 5.41) is 2.76. The van der Waals surface area contributed by atoms with E-state index in [4.69, 9.17) is 12.2 Å². The first-order valence-electron chi connectivity index (χ1n) is 11.8. The Labute approximate surface area is 219 Å². The van der Waals surface area contributed by atoms with Gasteiger partial charge in [0.15, 0.2) is 0 Å². The Hall–Kier alpha value is -3.43. The minimum atomic E-state index is -0.288. The lowest BCUT2D eigenvalue weighted by Gasteiger charge is -2.14. The highest BCUT2D eigenvalue weighted by molar-refractivity contribution is 8.26. The van der Waals surface area contributed by atoms with Crippen LogP contribution in [0.4, 0.5) is 5.69 Å². The molecule has 0 aliphatic carbocycles. The van der Waals surface area contributed by atoms with Gasteiger partial charge in [0.1, 0.15) is 10.0 Å². The average Bonchev–Trinajstić information content (AvgIpc) is 3.26. The molecule has 186 valence electrons. The van der Waals surface area contributed by atoms with Crippen molar-refractivity contribution in [1.82, 2.24) is 14.3 Å². The maximum Gasteiger partial charge on any atom is 0.295 e. The Morgan fingerprint density at radius 3 is 2.44 bits per heavy atom. The third kappa shape index (κ3) is 5.37. The van der Waals surface area contributed by atoms with Crippen LogP contribution in [0.15, 0.2) is 64.3 Å².